The zero-order valence-electron chi connectivity index (χ0n) is 17.9. The Morgan fingerprint density at radius 3 is 2.55 bits per heavy atom. The molecule has 2 aromatic rings. The average molecular weight is 427 g/mol. The number of phenolic OH excluding ortho intramolecular Hbond substituents is 1. The minimum absolute atomic E-state index is 0.0295. The molecule has 0 spiro atoms. The summed E-state index contributed by atoms with van der Waals surface area (Å²) in [6.45, 7) is 4.26. The van der Waals surface area contributed by atoms with Crippen LogP contribution in [0.15, 0.2) is 66.7 Å². The second-order valence-corrected chi connectivity index (χ2v) is 8.20. The molecule has 0 unspecified atom stereocenters. The Balaban J connectivity index is 1.74. The summed E-state index contributed by atoms with van der Waals surface area (Å²) in [4.78, 5) is 10.7. The van der Waals surface area contributed by atoms with Crippen LogP contribution in [0.5, 0.6) is 11.5 Å². The third kappa shape index (κ3) is 6.32. The molecule has 0 aliphatic carbocycles. The number of aliphatic carboxylic acids is 1. The first-order chi connectivity index (χ1) is 14.9. The van der Waals surface area contributed by atoms with Gasteiger partial charge in [0.2, 0.25) is 0 Å². The number of rotatable bonds is 9. The number of carboxylic acid groups (broad SMARTS) is 1. The highest BCUT2D eigenvalue weighted by molar-refractivity contribution is 5.66. The van der Waals surface area contributed by atoms with Gasteiger partial charge in [-0.3, -0.25) is 4.79 Å². The summed E-state index contributed by atoms with van der Waals surface area (Å²) in [5, 5.41) is 19.2. The van der Waals surface area contributed by atoms with Crippen molar-refractivity contribution in [2.45, 2.75) is 51.1 Å². The van der Waals surface area contributed by atoms with Gasteiger partial charge in [-0.05, 0) is 44.9 Å². The summed E-state index contributed by atoms with van der Waals surface area (Å²) in [5.74, 6) is 0.0554. The Kier molecular flexibility index (Phi) is 7.71. The van der Waals surface area contributed by atoms with Crippen molar-refractivity contribution in [3.05, 3.63) is 72.3 Å². The maximum absolute atomic E-state index is 10.7. The molecule has 0 aromatic heterocycles. The van der Waals surface area contributed by atoms with Crippen molar-refractivity contribution in [3.8, 4) is 11.5 Å². The standard InChI is InChI=1S/C25H30O6/c1-25(2,31-19-12-6-4-7-13-19)24-29-17-18(11-5-3-8-16-22(27)28)23(30-24)20-14-9-10-15-21(20)26/h3-7,9-10,12-15,18,23-24,26H,8,11,16-17H2,1-2H3,(H,27,28)/b5-3+/t18-,23+,24+/m1/s1. The molecule has 2 N–H and O–H groups in total. The van der Waals surface area contributed by atoms with Crippen LogP contribution in [0.1, 0.15) is 44.8 Å². The van der Waals surface area contributed by atoms with Crippen molar-refractivity contribution in [1.29, 1.82) is 0 Å². The summed E-state index contributed by atoms with van der Waals surface area (Å²) in [7, 11) is 0. The fourth-order valence-electron chi connectivity index (χ4n) is 3.63. The molecule has 1 aliphatic rings. The Morgan fingerprint density at radius 1 is 1.13 bits per heavy atom. The van der Waals surface area contributed by atoms with E-state index in [0.29, 0.717) is 25.0 Å². The van der Waals surface area contributed by atoms with Crippen molar-refractivity contribution in [3.63, 3.8) is 0 Å². The van der Waals surface area contributed by atoms with E-state index in [-0.39, 0.29) is 24.2 Å². The summed E-state index contributed by atoms with van der Waals surface area (Å²) >= 11 is 0. The summed E-state index contributed by atoms with van der Waals surface area (Å²) in [5.41, 5.74) is -0.0537. The van der Waals surface area contributed by atoms with Gasteiger partial charge >= 0.3 is 5.97 Å². The third-order valence-electron chi connectivity index (χ3n) is 5.23. The summed E-state index contributed by atoms with van der Waals surface area (Å²) in [6, 6.07) is 16.7. The minimum atomic E-state index is -0.815. The van der Waals surface area contributed by atoms with E-state index >= 15 is 0 Å². The molecule has 31 heavy (non-hydrogen) atoms. The lowest BCUT2D eigenvalue weighted by molar-refractivity contribution is -0.288. The van der Waals surface area contributed by atoms with E-state index < -0.39 is 17.9 Å². The number of hydrogen-bond acceptors (Lipinski definition) is 5. The second-order valence-electron chi connectivity index (χ2n) is 8.20. The SMILES string of the molecule is CC(C)(Oc1ccccc1)[C@H]1OC[C@@H](C/C=C/CCC(=O)O)[C@@H](c2ccccc2O)O1. The second kappa shape index (κ2) is 10.5. The van der Waals surface area contributed by atoms with Gasteiger partial charge in [-0.1, -0.05) is 48.6 Å². The topological polar surface area (TPSA) is 85.2 Å². The lowest BCUT2D eigenvalue weighted by Gasteiger charge is -2.43. The van der Waals surface area contributed by atoms with Crippen LogP contribution >= 0.6 is 0 Å². The first-order valence-corrected chi connectivity index (χ1v) is 10.5. The van der Waals surface area contributed by atoms with Crippen LogP contribution in [0, 0.1) is 5.92 Å². The monoisotopic (exact) mass is 426 g/mol. The molecular formula is C25H30O6. The molecule has 1 saturated heterocycles. The number of allylic oxidation sites excluding steroid dienone is 2. The van der Waals surface area contributed by atoms with Crippen LogP contribution in [-0.2, 0) is 14.3 Å². The van der Waals surface area contributed by atoms with Crippen LogP contribution in [0.25, 0.3) is 0 Å². The quantitative estimate of drug-likeness (QED) is 0.543. The molecule has 0 bridgehead atoms. The molecule has 3 rings (SSSR count). The molecular weight excluding hydrogens is 396 g/mol. The summed E-state index contributed by atoms with van der Waals surface area (Å²) in [6.07, 6.45) is 4.03. The van der Waals surface area contributed by atoms with Gasteiger partial charge in [0.05, 0.1) is 12.7 Å². The van der Waals surface area contributed by atoms with Crippen molar-refractivity contribution >= 4 is 5.97 Å². The van der Waals surface area contributed by atoms with Gasteiger partial charge in [0, 0.05) is 17.9 Å². The van der Waals surface area contributed by atoms with Crippen molar-refractivity contribution in [2.24, 2.45) is 5.92 Å². The van der Waals surface area contributed by atoms with Gasteiger partial charge in [0.1, 0.15) is 11.5 Å². The van der Waals surface area contributed by atoms with Crippen LogP contribution in [0.2, 0.25) is 0 Å². The number of phenols is 1. The van der Waals surface area contributed by atoms with Gasteiger partial charge in [0.25, 0.3) is 0 Å². The van der Waals surface area contributed by atoms with E-state index in [9.17, 15) is 9.90 Å². The highest BCUT2D eigenvalue weighted by Crippen LogP contribution is 2.41. The van der Waals surface area contributed by atoms with Crippen molar-refractivity contribution < 1.29 is 29.2 Å². The number of hydrogen-bond donors (Lipinski definition) is 2. The van der Waals surface area contributed by atoms with Crippen LogP contribution in [-0.4, -0.2) is 34.7 Å². The van der Waals surface area contributed by atoms with Gasteiger partial charge in [-0.2, -0.15) is 0 Å². The fourth-order valence-corrected chi connectivity index (χ4v) is 3.63. The molecule has 166 valence electrons. The number of benzene rings is 2. The smallest absolute Gasteiger partial charge is 0.303 e. The first-order valence-electron chi connectivity index (χ1n) is 10.5. The maximum atomic E-state index is 10.7. The van der Waals surface area contributed by atoms with Gasteiger partial charge < -0.3 is 24.4 Å². The van der Waals surface area contributed by atoms with E-state index in [1.54, 1.807) is 12.1 Å². The van der Waals surface area contributed by atoms with Crippen LogP contribution < -0.4 is 4.74 Å². The number of ether oxygens (including phenoxy) is 3. The molecule has 3 atom stereocenters. The molecule has 1 aliphatic heterocycles. The molecule has 6 heteroatoms. The molecule has 1 heterocycles. The van der Waals surface area contributed by atoms with Crippen molar-refractivity contribution in [2.75, 3.05) is 6.61 Å². The highest BCUT2D eigenvalue weighted by Gasteiger charge is 2.42. The number of aromatic hydroxyl groups is 1. The van der Waals surface area contributed by atoms with Crippen LogP contribution in [0.4, 0.5) is 0 Å². The predicted molar refractivity (Wildman–Crippen MR) is 117 cm³/mol. The minimum Gasteiger partial charge on any atom is -0.508 e. The van der Waals surface area contributed by atoms with E-state index in [1.165, 1.54) is 0 Å². The molecule has 2 aromatic carbocycles. The Labute approximate surface area is 183 Å². The first kappa shape index (κ1) is 22.8. The Morgan fingerprint density at radius 2 is 1.84 bits per heavy atom. The van der Waals surface area contributed by atoms with Gasteiger partial charge in [-0.15, -0.1) is 0 Å². The Hall–Kier alpha value is -2.83. The largest absolute Gasteiger partial charge is 0.508 e. The predicted octanol–water partition coefficient (Wildman–Crippen LogP) is 5.09. The van der Waals surface area contributed by atoms with E-state index in [1.807, 2.05) is 68.5 Å². The van der Waals surface area contributed by atoms with E-state index in [0.717, 1.165) is 5.75 Å². The third-order valence-corrected chi connectivity index (χ3v) is 5.23. The number of carbonyl (C=O) groups is 1. The van der Waals surface area contributed by atoms with E-state index in [2.05, 4.69) is 0 Å². The van der Waals surface area contributed by atoms with E-state index in [4.69, 9.17) is 19.3 Å². The molecule has 1 fully saturated rings. The highest BCUT2D eigenvalue weighted by atomic mass is 16.7. The van der Waals surface area contributed by atoms with Gasteiger partial charge in [0.15, 0.2) is 11.9 Å². The molecule has 0 radical (unpaired) electrons. The van der Waals surface area contributed by atoms with Gasteiger partial charge in [-0.25, -0.2) is 0 Å². The number of para-hydroxylation sites is 2. The fraction of sp³-hybridized carbons (Fsp3) is 0.400. The number of carboxylic acids is 1. The normalized spacial score (nSPS) is 21.8. The van der Waals surface area contributed by atoms with Crippen molar-refractivity contribution in [1.82, 2.24) is 0 Å². The zero-order chi connectivity index (χ0) is 22.3. The average Bonchev–Trinajstić information content (AvgIpc) is 2.74. The van der Waals surface area contributed by atoms with Crippen LogP contribution in [0.3, 0.4) is 0 Å². The zero-order valence-corrected chi connectivity index (χ0v) is 17.9. The molecule has 0 saturated carbocycles. The lowest BCUT2D eigenvalue weighted by atomic mass is 9.90. The Bertz CT molecular complexity index is 877. The maximum Gasteiger partial charge on any atom is 0.303 e. The summed E-state index contributed by atoms with van der Waals surface area (Å²) < 4.78 is 18.6. The molecule has 0 amide bonds. The lowest BCUT2D eigenvalue weighted by Crippen LogP contribution is -2.50. The molecule has 6 nitrogen and oxygen atoms in total.